The third-order valence-electron chi connectivity index (χ3n) is 2.77. The zero-order valence-electron chi connectivity index (χ0n) is 11.5. The van der Waals surface area contributed by atoms with Crippen molar-refractivity contribution in [2.75, 3.05) is 11.1 Å². The predicted octanol–water partition coefficient (Wildman–Crippen LogP) is 5.75. The molecule has 2 aromatic carbocycles. The largest absolute Gasteiger partial charge is 0.321 e. The highest BCUT2D eigenvalue weighted by Gasteiger charge is 2.12. The summed E-state index contributed by atoms with van der Waals surface area (Å²) in [7, 11) is 0. The molecule has 1 N–H and O–H groups in total. The SMILES string of the molecule is CCCSc1ccccc1C(=O)Nc1ccc(Cl)cc1Cl. The maximum absolute atomic E-state index is 12.4. The summed E-state index contributed by atoms with van der Waals surface area (Å²) >= 11 is 13.6. The van der Waals surface area contributed by atoms with E-state index < -0.39 is 0 Å². The second-order valence-electron chi connectivity index (χ2n) is 4.42. The Morgan fingerprint density at radius 1 is 1.19 bits per heavy atom. The van der Waals surface area contributed by atoms with E-state index in [1.165, 1.54) is 0 Å². The lowest BCUT2D eigenvalue weighted by Gasteiger charge is -2.10. The van der Waals surface area contributed by atoms with Crippen LogP contribution in [-0.2, 0) is 0 Å². The lowest BCUT2D eigenvalue weighted by Crippen LogP contribution is -2.13. The number of hydrogen-bond donors (Lipinski definition) is 1. The third kappa shape index (κ3) is 4.40. The lowest BCUT2D eigenvalue weighted by molar-refractivity contribution is 0.102. The minimum Gasteiger partial charge on any atom is -0.321 e. The predicted molar refractivity (Wildman–Crippen MR) is 91.9 cm³/mol. The summed E-state index contributed by atoms with van der Waals surface area (Å²) in [5.74, 6) is 0.810. The Hall–Kier alpha value is -1.16. The van der Waals surface area contributed by atoms with Crippen LogP contribution in [0.4, 0.5) is 5.69 Å². The first-order chi connectivity index (χ1) is 10.1. The Labute approximate surface area is 138 Å². The van der Waals surface area contributed by atoms with Crippen LogP contribution in [0.1, 0.15) is 23.7 Å². The number of nitrogens with one attached hydrogen (secondary N) is 1. The Bertz CT molecular complexity index is 646. The van der Waals surface area contributed by atoms with Gasteiger partial charge in [-0.2, -0.15) is 0 Å². The fraction of sp³-hybridized carbons (Fsp3) is 0.188. The van der Waals surface area contributed by atoms with E-state index in [1.807, 2.05) is 24.3 Å². The van der Waals surface area contributed by atoms with Crippen LogP contribution in [0.2, 0.25) is 10.0 Å². The van der Waals surface area contributed by atoms with Gasteiger partial charge in [0, 0.05) is 9.92 Å². The van der Waals surface area contributed by atoms with Gasteiger partial charge >= 0.3 is 0 Å². The van der Waals surface area contributed by atoms with Crippen molar-refractivity contribution in [1.82, 2.24) is 0 Å². The van der Waals surface area contributed by atoms with E-state index >= 15 is 0 Å². The van der Waals surface area contributed by atoms with E-state index in [0.29, 0.717) is 21.3 Å². The molecule has 0 saturated heterocycles. The van der Waals surface area contributed by atoms with Gasteiger partial charge in [-0.05, 0) is 42.5 Å². The molecule has 2 nitrogen and oxygen atoms in total. The fourth-order valence-electron chi connectivity index (χ4n) is 1.77. The molecule has 110 valence electrons. The zero-order chi connectivity index (χ0) is 15.2. The minimum absolute atomic E-state index is 0.168. The van der Waals surface area contributed by atoms with Crippen molar-refractivity contribution >= 4 is 46.6 Å². The molecule has 2 rings (SSSR count). The van der Waals surface area contributed by atoms with E-state index in [2.05, 4.69) is 12.2 Å². The van der Waals surface area contributed by atoms with Crippen molar-refractivity contribution in [2.45, 2.75) is 18.2 Å². The highest BCUT2D eigenvalue weighted by Crippen LogP contribution is 2.28. The highest BCUT2D eigenvalue weighted by atomic mass is 35.5. The first-order valence-corrected chi connectivity index (χ1v) is 8.34. The average Bonchev–Trinajstić information content (AvgIpc) is 2.48. The van der Waals surface area contributed by atoms with Gasteiger partial charge in [0.25, 0.3) is 5.91 Å². The molecular formula is C16H15Cl2NOS. The Balaban J connectivity index is 2.20. The van der Waals surface area contributed by atoms with Gasteiger partial charge in [-0.1, -0.05) is 42.3 Å². The fourth-order valence-corrected chi connectivity index (χ4v) is 3.14. The summed E-state index contributed by atoms with van der Waals surface area (Å²) in [6, 6.07) is 12.6. The molecule has 0 radical (unpaired) electrons. The normalized spacial score (nSPS) is 10.4. The smallest absolute Gasteiger partial charge is 0.256 e. The van der Waals surface area contributed by atoms with Crippen LogP contribution in [0.15, 0.2) is 47.4 Å². The van der Waals surface area contributed by atoms with Gasteiger partial charge in [0.1, 0.15) is 0 Å². The van der Waals surface area contributed by atoms with E-state index in [4.69, 9.17) is 23.2 Å². The quantitative estimate of drug-likeness (QED) is 0.703. The highest BCUT2D eigenvalue weighted by molar-refractivity contribution is 7.99. The molecule has 0 aromatic heterocycles. The van der Waals surface area contributed by atoms with Gasteiger partial charge in [0.2, 0.25) is 0 Å². The van der Waals surface area contributed by atoms with Crippen LogP contribution in [0, 0.1) is 0 Å². The molecule has 0 saturated carbocycles. The number of halogens is 2. The van der Waals surface area contributed by atoms with Crippen LogP contribution >= 0.6 is 35.0 Å². The number of carbonyl (C=O) groups is 1. The number of hydrogen-bond acceptors (Lipinski definition) is 2. The van der Waals surface area contributed by atoms with Gasteiger partial charge in [-0.25, -0.2) is 0 Å². The third-order valence-corrected chi connectivity index (χ3v) is 4.60. The molecule has 0 aliphatic heterocycles. The molecule has 0 spiro atoms. The maximum atomic E-state index is 12.4. The molecule has 2 aromatic rings. The van der Waals surface area contributed by atoms with Crippen molar-refractivity contribution in [3.63, 3.8) is 0 Å². The van der Waals surface area contributed by atoms with Gasteiger partial charge in [-0.3, -0.25) is 4.79 Å². The number of amides is 1. The molecule has 0 fully saturated rings. The zero-order valence-corrected chi connectivity index (χ0v) is 13.9. The Morgan fingerprint density at radius 2 is 1.95 bits per heavy atom. The number of rotatable bonds is 5. The summed E-state index contributed by atoms with van der Waals surface area (Å²) in [5.41, 5.74) is 1.21. The number of carbonyl (C=O) groups excluding carboxylic acids is 1. The summed E-state index contributed by atoms with van der Waals surface area (Å²) in [6.07, 6.45) is 1.06. The number of benzene rings is 2. The Morgan fingerprint density at radius 3 is 2.67 bits per heavy atom. The molecule has 21 heavy (non-hydrogen) atoms. The van der Waals surface area contributed by atoms with Gasteiger partial charge in [0.05, 0.1) is 16.3 Å². The van der Waals surface area contributed by atoms with Gasteiger partial charge in [-0.15, -0.1) is 11.8 Å². The molecule has 0 unspecified atom stereocenters. The standard InChI is InChI=1S/C16H15Cl2NOS/c1-2-9-21-15-6-4-3-5-12(15)16(20)19-14-8-7-11(17)10-13(14)18/h3-8,10H,2,9H2,1H3,(H,19,20). The maximum Gasteiger partial charge on any atom is 0.256 e. The van der Waals surface area contributed by atoms with Crippen molar-refractivity contribution in [2.24, 2.45) is 0 Å². The van der Waals surface area contributed by atoms with Crippen molar-refractivity contribution in [1.29, 1.82) is 0 Å². The monoisotopic (exact) mass is 339 g/mol. The van der Waals surface area contributed by atoms with E-state index in [1.54, 1.807) is 30.0 Å². The van der Waals surface area contributed by atoms with Crippen molar-refractivity contribution in [3.05, 3.63) is 58.1 Å². The molecule has 5 heteroatoms. The van der Waals surface area contributed by atoms with Crippen LogP contribution in [-0.4, -0.2) is 11.7 Å². The summed E-state index contributed by atoms with van der Waals surface area (Å²) in [6.45, 7) is 2.11. The van der Waals surface area contributed by atoms with Crippen LogP contribution in [0.25, 0.3) is 0 Å². The molecule has 0 aliphatic carbocycles. The minimum atomic E-state index is -0.168. The molecule has 0 atom stereocenters. The first-order valence-electron chi connectivity index (χ1n) is 6.60. The molecule has 1 amide bonds. The average molecular weight is 340 g/mol. The second-order valence-corrected chi connectivity index (χ2v) is 6.40. The van der Waals surface area contributed by atoms with Crippen molar-refractivity contribution < 1.29 is 4.79 Å². The van der Waals surface area contributed by atoms with Gasteiger partial charge in [0.15, 0.2) is 0 Å². The van der Waals surface area contributed by atoms with E-state index in [0.717, 1.165) is 17.1 Å². The molecule has 0 aliphatic rings. The van der Waals surface area contributed by atoms with Crippen molar-refractivity contribution in [3.8, 4) is 0 Å². The summed E-state index contributed by atoms with van der Waals surface area (Å²) < 4.78 is 0. The second kappa shape index (κ2) is 7.74. The van der Waals surface area contributed by atoms with E-state index in [-0.39, 0.29) is 5.91 Å². The summed E-state index contributed by atoms with van der Waals surface area (Å²) in [4.78, 5) is 13.4. The van der Waals surface area contributed by atoms with E-state index in [9.17, 15) is 4.79 Å². The number of anilines is 1. The lowest BCUT2D eigenvalue weighted by atomic mass is 10.2. The van der Waals surface area contributed by atoms with Crippen LogP contribution in [0.3, 0.4) is 0 Å². The number of thioether (sulfide) groups is 1. The Kier molecular flexibility index (Phi) is 5.97. The first kappa shape index (κ1) is 16.2. The van der Waals surface area contributed by atoms with Gasteiger partial charge < -0.3 is 5.32 Å². The van der Waals surface area contributed by atoms with Crippen LogP contribution < -0.4 is 5.32 Å². The summed E-state index contributed by atoms with van der Waals surface area (Å²) in [5, 5.41) is 3.79. The molecule has 0 bridgehead atoms. The topological polar surface area (TPSA) is 29.1 Å². The van der Waals surface area contributed by atoms with Crippen LogP contribution in [0.5, 0.6) is 0 Å². The molecular weight excluding hydrogens is 325 g/mol. The molecule has 0 heterocycles.